The minimum atomic E-state index is -0.289. The average Bonchev–Trinajstić information content (AvgIpc) is 3.02. The minimum absolute atomic E-state index is 0.0723. The molecular weight excluding hydrogens is 331 g/mol. The summed E-state index contributed by atoms with van der Waals surface area (Å²) < 4.78 is 14.9. The van der Waals surface area contributed by atoms with E-state index in [-0.39, 0.29) is 24.2 Å². The van der Waals surface area contributed by atoms with E-state index in [2.05, 4.69) is 10.2 Å². The van der Waals surface area contributed by atoms with Gasteiger partial charge in [-0.3, -0.25) is 4.79 Å². The molecule has 0 fully saturated rings. The molecule has 1 aromatic heterocycles. The van der Waals surface area contributed by atoms with E-state index >= 15 is 0 Å². The third kappa shape index (κ3) is 3.64. The summed E-state index contributed by atoms with van der Waals surface area (Å²) in [6.45, 7) is 1.91. The van der Waals surface area contributed by atoms with Crippen LogP contribution in [0.1, 0.15) is 24.4 Å². The second-order valence-electron chi connectivity index (χ2n) is 6.27. The van der Waals surface area contributed by atoms with Gasteiger partial charge in [0, 0.05) is 19.7 Å². The lowest BCUT2D eigenvalue weighted by atomic mass is 10.1. The lowest BCUT2D eigenvalue weighted by molar-refractivity contribution is -0.131. The number of benzene rings is 2. The SMILES string of the molecule is CC(c1ccc(F)cc1)N(C)C(=O)Cc1nnc(-c2ccccc2)n1C. The summed E-state index contributed by atoms with van der Waals surface area (Å²) in [6.07, 6.45) is 0.151. The number of amides is 1. The summed E-state index contributed by atoms with van der Waals surface area (Å²) in [4.78, 5) is 14.3. The van der Waals surface area contributed by atoms with E-state index in [9.17, 15) is 9.18 Å². The Bertz CT molecular complexity index is 890. The Morgan fingerprint density at radius 1 is 1.12 bits per heavy atom. The van der Waals surface area contributed by atoms with Crippen LogP contribution in [0.4, 0.5) is 4.39 Å². The molecule has 0 aliphatic carbocycles. The fourth-order valence-corrected chi connectivity index (χ4v) is 2.79. The molecule has 0 aliphatic heterocycles. The second-order valence-corrected chi connectivity index (χ2v) is 6.27. The van der Waals surface area contributed by atoms with Crippen LogP contribution in [-0.4, -0.2) is 32.6 Å². The van der Waals surface area contributed by atoms with Gasteiger partial charge in [0.2, 0.25) is 5.91 Å². The van der Waals surface area contributed by atoms with Crippen molar-refractivity contribution in [3.05, 3.63) is 71.8 Å². The maximum atomic E-state index is 13.1. The van der Waals surface area contributed by atoms with Gasteiger partial charge in [-0.05, 0) is 24.6 Å². The fourth-order valence-electron chi connectivity index (χ4n) is 2.79. The first-order chi connectivity index (χ1) is 12.5. The summed E-state index contributed by atoms with van der Waals surface area (Å²) in [5, 5.41) is 8.39. The van der Waals surface area contributed by atoms with Crippen molar-refractivity contribution in [1.29, 1.82) is 0 Å². The molecule has 3 rings (SSSR count). The molecule has 0 saturated carbocycles. The highest BCUT2D eigenvalue weighted by Crippen LogP contribution is 2.21. The maximum absolute atomic E-state index is 13.1. The molecule has 0 N–H and O–H groups in total. The van der Waals surface area contributed by atoms with Gasteiger partial charge in [0.05, 0.1) is 12.5 Å². The molecule has 0 spiro atoms. The summed E-state index contributed by atoms with van der Waals surface area (Å²) in [7, 11) is 3.60. The van der Waals surface area contributed by atoms with Crippen LogP contribution in [0.5, 0.6) is 0 Å². The number of hydrogen-bond acceptors (Lipinski definition) is 3. The van der Waals surface area contributed by atoms with E-state index in [1.807, 2.05) is 48.9 Å². The Kier molecular flexibility index (Phi) is 5.11. The number of hydrogen-bond donors (Lipinski definition) is 0. The van der Waals surface area contributed by atoms with E-state index in [0.29, 0.717) is 5.82 Å². The monoisotopic (exact) mass is 352 g/mol. The number of halogens is 1. The summed E-state index contributed by atoms with van der Waals surface area (Å²) in [5.41, 5.74) is 1.83. The molecular formula is C20H21FN4O. The molecule has 1 atom stereocenters. The predicted molar refractivity (Wildman–Crippen MR) is 97.7 cm³/mol. The highest BCUT2D eigenvalue weighted by atomic mass is 19.1. The van der Waals surface area contributed by atoms with Crippen LogP contribution in [-0.2, 0) is 18.3 Å². The Balaban J connectivity index is 1.73. The van der Waals surface area contributed by atoms with Gasteiger partial charge < -0.3 is 9.47 Å². The first-order valence-corrected chi connectivity index (χ1v) is 8.42. The zero-order valence-corrected chi connectivity index (χ0v) is 15.1. The second kappa shape index (κ2) is 7.47. The van der Waals surface area contributed by atoms with Crippen LogP contribution in [0, 0.1) is 5.82 Å². The standard InChI is InChI=1S/C20H21FN4O/c1-14(15-9-11-17(21)12-10-15)24(2)19(26)13-18-22-23-20(25(18)3)16-7-5-4-6-8-16/h4-12,14H,13H2,1-3H3. The number of aromatic nitrogens is 3. The van der Waals surface area contributed by atoms with Crippen LogP contribution >= 0.6 is 0 Å². The van der Waals surface area contributed by atoms with Crippen LogP contribution in [0.25, 0.3) is 11.4 Å². The molecule has 0 radical (unpaired) electrons. The smallest absolute Gasteiger partial charge is 0.230 e. The van der Waals surface area contributed by atoms with Crippen molar-refractivity contribution in [2.45, 2.75) is 19.4 Å². The molecule has 26 heavy (non-hydrogen) atoms. The molecule has 5 nitrogen and oxygen atoms in total. The van der Waals surface area contributed by atoms with Gasteiger partial charge in [-0.15, -0.1) is 10.2 Å². The lowest BCUT2D eigenvalue weighted by Crippen LogP contribution is -2.31. The number of nitrogens with zero attached hydrogens (tertiary/aromatic N) is 4. The third-order valence-electron chi connectivity index (χ3n) is 4.63. The van der Waals surface area contributed by atoms with Crippen molar-refractivity contribution in [1.82, 2.24) is 19.7 Å². The van der Waals surface area contributed by atoms with Crippen LogP contribution < -0.4 is 0 Å². The summed E-state index contributed by atoms with van der Waals surface area (Å²) >= 11 is 0. The molecule has 3 aromatic rings. The van der Waals surface area contributed by atoms with Gasteiger partial charge >= 0.3 is 0 Å². The summed E-state index contributed by atoms with van der Waals surface area (Å²) in [6, 6.07) is 15.8. The molecule has 1 heterocycles. The minimum Gasteiger partial charge on any atom is -0.339 e. The number of carbonyl (C=O) groups excluding carboxylic acids is 1. The zero-order chi connectivity index (χ0) is 18.7. The first kappa shape index (κ1) is 17.8. The first-order valence-electron chi connectivity index (χ1n) is 8.42. The van der Waals surface area contributed by atoms with E-state index < -0.39 is 0 Å². The maximum Gasteiger partial charge on any atom is 0.230 e. The van der Waals surface area contributed by atoms with E-state index in [0.717, 1.165) is 17.0 Å². The topological polar surface area (TPSA) is 51.0 Å². The van der Waals surface area contributed by atoms with E-state index in [1.165, 1.54) is 12.1 Å². The quantitative estimate of drug-likeness (QED) is 0.707. The highest BCUT2D eigenvalue weighted by molar-refractivity contribution is 5.78. The third-order valence-corrected chi connectivity index (χ3v) is 4.63. The lowest BCUT2D eigenvalue weighted by Gasteiger charge is -2.25. The van der Waals surface area contributed by atoms with Gasteiger partial charge in [0.1, 0.15) is 11.6 Å². The van der Waals surface area contributed by atoms with Crippen molar-refractivity contribution in [3.63, 3.8) is 0 Å². The largest absolute Gasteiger partial charge is 0.339 e. The van der Waals surface area contributed by atoms with Gasteiger partial charge in [-0.2, -0.15) is 0 Å². The average molecular weight is 352 g/mol. The normalized spacial score (nSPS) is 12.0. The van der Waals surface area contributed by atoms with Crippen molar-refractivity contribution in [2.24, 2.45) is 7.05 Å². The van der Waals surface area contributed by atoms with Crippen molar-refractivity contribution >= 4 is 5.91 Å². The van der Waals surface area contributed by atoms with Crippen LogP contribution in [0.2, 0.25) is 0 Å². The van der Waals surface area contributed by atoms with Crippen molar-refractivity contribution in [2.75, 3.05) is 7.05 Å². The van der Waals surface area contributed by atoms with E-state index in [4.69, 9.17) is 0 Å². The van der Waals surface area contributed by atoms with Crippen LogP contribution in [0.15, 0.2) is 54.6 Å². The molecule has 0 aliphatic rings. The van der Waals surface area contributed by atoms with Gasteiger partial charge in [-0.25, -0.2) is 4.39 Å². The molecule has 6 heteroatoms. The summed E-state index contributed by atoms with van der Waals surface area (Å²) in [5.74, 6) is 0.967. The molecule has 134 valence electrons. The molecule has 1 amide bonds. The Morgan fingerprint density at radius 3 is 2.42 bits per heavy atom. The predicted octanol–water partition coefficient (Wildman–Crippen LogP) is 3.38. The highest BCUT2D eigenvalue weighted by Gasteiger charge is 2.20. The Morgan fingerprint density at radius 2 is 1.77 bits per heavy atom. The van der Waals surface area contributed by atoms with Crippen molar-refractivity contribution < 1.29 is 9.18 Å². The van der Waals surface area contributed by atoms with Gasteiger partial charge in [0.15, 0.2) is 5.82 Å². The van der Waals surface area contributed by atoms with Crippen molar-refractivity contribution in [3.8, 4) is 11.4 Å². The molecule has 2 aromatic carbocycles. The molecule has 0 saturated heterocycles. The van der Waals surface area contributed by atoms with E-state index in [1.54, 1.807) is 24.1 Å². The number of carbonyl (C=O) groups is 1. The Labute approximate surface area is 152 Å². The molecule has 1 unspecified atom stereocenters. The van der Waals surface area contributed by atoms with Crippen LogP contribution in [0.3, 0.4) is 0 Å². The number of likely N-dealkylation sites (N-methyl/N-ethyl adjacent to an activating group) is 1. The molecule has 0 bridgehead atoms. The zero-order valence-electron chi connectivity index (χ0n) is 15.1. The Hall–Kier alpha value is -3.02. The van der Waals surface area contributed by atoms with Gasteiger partial charge in [0.25, 0.3) is 0 Å². The number of rotatable bonds is 5. The fraction of sp³-hybridized carbons (Fsp3) is 0.250. The van der Waals surface area contributed by atoms with Gasteiger partial charge in [-0.1, -0.05) is 42.5 Å².